The quantitative estimate of drug-likeness (QED) is 0.746. The summed E-state index contributed by atoms with van der Waals surface area (Å²) in [6.07, 6.45) is 6.40. The number of hydrogen-bond donors (Lipinski definition) is 1. The van der Waals surface area contributed by atoms with Crippen LogP contribution < -0.4 is 5.32 Å². The molecule has 1 N–H and O–H groups in total. The molecule has 1 heterocycles. The van der Waals surface area contributed by atoms with E-state index >= 15 is 0 Å². The molecule has 0 amide bonds. The Labute approximate surface area is 98.2 Å². The smallest absolute Gasteiger partial charge is 0.0209 e. The second kappa shape index (κ2) is 5.55. The van der Waals surface area contributed by atoms with Gasteiger partial charge in [-0.05, 0) is 43.7 Å². The highest BCUT2D eigenvalue weighted by Crippen LogP contribution is 2.22. The highest BCUT2D eigenvalue weighted by atomic mass is 32.2. The maximum absolute atomic E-state index is 3.74. The molecule has 0 aromatic carbocycles. The van der Waals surface area contributed by atoms with Gasteiger partial charge in [0.2, 0.25) is 0 Å². The number of nitrogens with one attached hydrogen (secondary N) is 1. The third-order valence-corrected chi connectivity index (χ3v) is 4.24. The van der Waals surface area contributed by atoms with Gasteiger partial charge in [-0.2, -0.15) is 11.8 Å². The lowest BCUT2D eigenvalue weighted by atomic mass is 10.2. The van der Waals surface area contributed by atoms with Crippen LogP contribution in [0.2, 0.25) is 0 Å². The molecule has 1 aliphatic heterocycles. The van der Waals surface area contributed by atoms with Crippen molar-refractivity contribution in [2.75, 3.05) is 31.6 Å². The Morgan fingerprint density at radius 1 is 1.33 bits per heavy atom. The first-order valence-corrected chi connectivity index (χ1v) is 7.64. The normalized spacial score (nSPS) is 29.6. The van der Waals surface area contributed by atoms with E-state index in [1.54, 1.807) is 0 Å². The third kappa shape index (κ3) is 3.97. The first kappa shape index (κ1) is 11.7. The lowest BCUT2D eigenvalue weighted by Crippen LogP contribution is -2.35. The highest BCUT2D eigenvalue weighted by Gasteiger charge is 2.29. The van der Waals surface area contributed by atoms with Crippen LogP contribution in [0, 0.1) is 5.92 Å². The summed E-state index contributed by atoms with van der Waals surface area (Å²) in [4.78, 5) is 2.64. The standard InChI is InChI=1S/C12H24N2S/c1-10(9-15-2)7-14-6-5-12(8-14)13-11-3-4-11/h10-13H,3-9H2,1-2H3. The average molecular weight is 228 g/mol. The van der Waals surface area contributed by atoms with Crippen molar-refractivity contribution < 1.29 is 0 Å². The molecule has 0 spiro atoms. The van der Waals surface area contributed by atoms with Gasteiger partial charge in [0.15, 0.2) is 0 Å². The van der Waals surface area contributed by atoms with Crippen LogP contribution in [0.3, 0.4) is 0 Å². The Kier molecular flexibility index (Phi) is 4.35. The second-order valence-electron chi connectivity index (χ2n) is 5.25. The SMILES string of the molecule is CSCC(C)CN1CCC(NC2CC2)C1. The van der Waals surface area contributed by atoms with Gasteiger partial charge < -0.3 is 10.2 Å². The monoisotopic (exact) mass is 228 g/mol. The maximum Gasteiger partial charge on any atom is 0.0209 e. The van der Waals surface area contributed by atoms with Crippen LogP contribution in [0.25, 0.3) is 0 Å². The van der Waals surface area contributed by atoms with E-state index in [9.17, 15) is 0 Å². The fraction of sp³-hybridized carbons (Fsp3) is 1.00. The fourth-order valence-corrected chi connectivity index (χ4v) is 3.17. The van der Waals surface area contributed by atoms with E-state index in [2.05, 4.69) is 23.4 Å². The van der Waals surface area contributed by atoms with Gasteiger partial charge in [-0.1, -0.05) is 6.92 Å². The molecule has 88 valence electrons. The molecule has 0 aromatic rings. The van der Waals surface area contributed by atoms with Crippen molar-refractivity contribution in [1.29, 1.82) is 0 Å². The number of nitrogens with zero attached hydrogens (tertiary/aromatic N) is 1. The lowest BCUT2D eigenvalue weighted by Gasteiger charge is -2.20. The van der Waals surface area contributed by atoms with E-state index in [4.69, 9.17) is 0 Å². The highest BCUT2D eigenvalue weighted by molar-refractivity contribution is 7.98. The molecule has 2 unspecified atom stereocenters. The van der Waals surface area contributed by atoms with E-state index in [-0.39, 0.29) is 0 Å². The van der Waals surface area contributed by atoms with Crippen LogP contribution in [-0.4, -0.2) is 48.6 Å². The largest absolute Gasteiger partial charge is 0.310 e. The van der Waals surface area contributed by atoms with E-state index in [1.807, 2.05) is 11.8 Å². The Morgan fingerprint density at radius 2 is 2.13 bits per heavy atom. The molecule has 0 aromatic heterocycles. The molecule has 15 heavy (non-hydrogen) atoms. The number of thioether (sulfide) groups is 1. The maximum atomic E-state index is 3.74. The molecule has 1 saturated carbocycles. The molecule has 1 aliphatic carbocycles. The molecule has 2 atom stereocenters. The third-order valence-electron chi connectivity index (χ3n) is 3.34. The van der Waals surface area contributed by atoms with Gasteiger partial charge in [0.1, 0.15) is 0 Å². The number of likely N-dealkylation sites (tertiary alicyclic amines) is 1. The van der Waals surface area contributed by atoms with Crippen molar-refractivity contribution in [2.45, 2.75) is 38.3 Å². The molecule has 2 aliphatic rings. The van der Waals surface area contributed by atoms with Crippen molar-refractivity contribution in [2.24, 2.45) is 5.92 Å². The summed E-state index contributed by atoms with van der Waals surface area (Å²) in [5, 5.41) is 3.74. The zero-order valence-corrected chi connectivity index (χ0v) is 10.9. The minimum Gasteiger partial charge on any atom is -0.310 e. The molecular formula is C12H24N2S. The van der Waals surface area contributed by atoms with E-state index < -0.39 is 0 Å². The summed E-state index contributed by atoms with van der Waals surface area (Å²) < 4.78 is 0. The molecule has 0 bridgehead atoms. The predicted molar refractivity (Wildman–Crippen MR) is 68.5 cm³/mol. The van der Waals surface area contributed by atoms with Crippen LogP contribution in [0.5, 0.6) is 0 Å². The van der Waals surface area contributed by atoms with E-state index in [1.165, 1.54) is 44.6 Å². The molecule has 0 radical (unpaired) electrons. The molecule has 2 rings (SSSR count). The van der Waals surface area contributed by atoms with Gasteiger partial charge in [-0.3, -0.25) is 0 Å². The van der Waals surface area contributed by atoms with Crippen molar-refractivity contribution >= 4 is 11.8 Å². The van der Waals surface area contributed by atoms with Gasteiger partial charge in [0.05, 0.1) is 0 Å². The second-order valence-corrected chi connectivity index (χ2v) is 6.16. The summed E-state index contributed by atoms with van der Waals surface area (Å²) in [6.45, 7) is 6.26. The van der Waals surface area contributed by atoms with Gasteiger partial charge in [-0.15, -0.1) is 0 Å². The Balaban J connectivity index is 1.62. The van der Waals surface area contributed by atoms with E-state index in [0.29, 0.717) is 0 Å². The molecule has 2 nitrogen and oxygen atoms in total. The summed E-state index contributed by atoms with van der Waals surface area (Å²) in [6, 6.07) is 1.66. The number of rotatable bonds is 6. The number of hydrogen-bond acceptors (Lipinski definition) is 3. The zero-order valence-electron chi connectivity index (χ0n) is 10.0. The minimum atomic E-state index is 0.791. The molecule has 2 fully saturated rings. The Morgan fingerprint density at radius 3 is 2.80 bits per heavy atom. The van der Waals surface area contributed by atoms with Crippen molar-refractivity contribution in [3.05, 3.63) is 0 Å². The van der Waals surface area contributed by atoms with Gasteiger partial charge in [-0.25, -0.2) is 0 Å². The van der Waals surface area contributed by atoms with Gasteiger partial charge in [0.25, 0.3) is 0 Å². The molecular weight excluding hydrogens is 204 g/mol. The van der Waals surface area contributed by atoms with Crippen LogP contribution in [0.4, 0.5) is 0 Å². The van der Waals surface area contributed by atoms with Crippen molar-refractivity contribution in [1.82, 2.24) is 10.2 Å². The summed E-state index contributed by atoms with van der Waals surface area (Å²) in [7, 11) is 0. The fourth-order valence-electron chi connectivity index (χ4n) is 2.50. The van der Waals surface area contributed by atoms with Crippen molar-refractivity contribution in [3.63, 3.8) is 0 Å². The minimum absolute atomic E-state index is 0.791. The van der Waals surface area contributed by atoms with Crippen LogP contribution >= 0.6 is 11.8 Å². The van der Waals surface area contributed by atoms with Gasteiger partial charge >= 0.3 is 0 Å². The topological polar surface area (TPSA) is 15.3 Å². The van der Waals surface area contributed by atoms with Crippen molar-refractivity contribution in [3.8, 4) is 0 Å². The van der Waals surface area contributed by atoms with E-state index in [0.717, 1.165) is 18.0 Å². The summed E-state index contributed by atoms with van der Waals surface area (Å²) in [5.74, 6) is 2.15. The van der Waals surface area contributed by atoms with Crippen LogP contribution in [-0.2, 0) is 0 Å². The zero-order chi connectivity index (χ0) is 10.7. The van der Waals surface area contributed by atoms with Gasteiger partial charge in [0, 0.05) is 25.2 Å². The molecule has 1 saturated heterocycles. The Bertz CT molecular complexity index is 194. The lowest BCUT2D eigenvalue weighted by molar-refractivity contribution is 0.292. The predicted octanol–water partition coefficient (Wildman–Crippen LogP) is 1.81. The Hall–Kier alpha value is 0.270. The first-order chi connectivity index (χ1) is 7.28. The first-order valence-electron chi connectivity index (χ1n) is 6.25. The van der Waals surface area contributed by atoms with Crippen LogP contribution in [0.15, 0.2) is 0 Å². The summed E-state index contributed by atoms with van der Waals surface area (Å²) in [5.41, 5.74) is 0. The summed E-state index contributed by atoms with van der Waals surface area (Å²) >= 11 is 1.97. The molecule has 3 heteroatoms. The average Bonchev–Trinajstić information content (AvgIpc) is 2.88. The van der Waals surface area contributed by atoms with Crippen LogP contribution in [0.1, 0.15) is 26.2 Å².